The highest BCUT2D eigenvalue weighted by molar-refractivity contribution is 5.90. The first-order valence-electron chi connectivity index (χ1n) is 9.74. The molecule has 0 spiro atoms. The van der Waals surface area contributed by atoms with Crippen LogP contribution in [0.2, 0.25) is 0 Å². The van der Waals surface area contributed by atoms with Crippen molar-refractivity contribution in [1.29, 1.82) is 0 Å². The molecule has 0 aromatic heterocycles. The molecule has 150 valence electrons. The molecule has 6 heteroatoms. The summed E-state index contributed by atoms with van der Waals surface area (Å²) in [6.45, 7) is 9.48. The summed E-state index contributed by atoms with van der Waals surface area (Å²) in [5.41, 5.74) is 3.98. The van der Waals surface area contributed by atoms with E-state index in [1.165, 1.54) is 0 Å². The Kier molecular flexibility index (Phi) is 7.28. The van der Waals surface area contributed by atoms with Crippen LogP contribution in [0.4, 0.5) is 10.5 Å². The Bertz CT molecular complexity index is 788. The molecule has 1 saturated heterocycles. The van der Waals surface area contributed by atoms with Crippen molar-refractivity contribution < 1.29 is 14.3 Å². The van der Waals surface area contributed by atoms with Crippen molar-refractivity contribution in [3.05, 3.63) is 59.2 Å². The fourth-order valence-corrected chi connectivity index (χ4v) is 3.08. The van der Waals surface area contributed by atoms with Crippen LogP contribution in [0.25, 0.3) is 0 Å². The van der Waals surface area contributed by atoms with Gasteiger partial charge in [-0.05, 0) is 48.7 Å². The minimum atomic E-state index is -0.215. The highest BCUT2D eigenvalue weighted by atomic mass is 16.5. The van der Waals surface area contributed by atoms with Gasteiger partial charge in [0, 0.05) is 31.9 Å². The molecule has 0 atom stereocenters. The smallest absolute Gasteiger partial charge is 0.319 e. The van der Waals surface area contributed by atoms with E-state index >= 15 is 0 Å². The second-order valence-corrected chi connectivity index (χ2v) is 7.08. The summed E-state index contributed by atoms with van der Waals surface area (Å²) in [4.78, 5) is 14.6. The van der Waals surface area contributed by atoms with Crippen LogP contribution >= 0.6 is 0 Å². The monoisotopic (exact) mass is 383 g/mol. The lowest BCUT2D eigenvalue weighted by atomic mass is 10.1. The molecule has 0 unspecified atom stereocenters. The summed E-state index contributed by atoms with van der Waals surface area (Å²) in [6, 6.07) is 13.6. The molecule has 6 nitrogen and oxygen atoms in total. The zero-order chi connectivity index (χ0) is 19.8. The number of carbonyl (C=O) groups is 1. The highest BCUT2D eigenvalue weighted by Gasteiger charge is 2.10. The molecule has 28 heavy (non-hydrogen) atoms. The number of hydrogen-bond donors (Lipinski definition) is 2. The van der Waals surface area contributed by atoms with Crippen molar-refractivity contribution in [2.45, 2.75) is 20.4 Å². The number of aryl methyl sites for hydroxylation is 2. The number of hydrogen-bond acceptors (Lipinski definition) is 4. The van der Waals surface area contributed by atoms with Crippen LogP contribution in [0.3, 0.4) is 0 Å². The third-order valence-electron chi connectivity index (χ3n) is 4.77. The van der Waals surface area contributed by atoms with Crippen molar-refractivity contribution >= 4 is 11.7 Å². The summed E-state index contributed by atoms with van der Waals surface area (Å²) in [5.74, 6) is 0.822. The molecule has 1 fully saturated rings. The number of amides is 2. The van der Waals surface area contributed by atoms with E-state index in [1.807, 2.05) is 56.3 Å². The van der Waals surface area contributed by atoms with Crippen molar-refractivity contribution in [1.82, 2.24) is 10.2 Å². The Balaban J connectivity index is 1.44. The number of ether oxygens (including phenoxy) is 2. The molecule has 2 aromatic rings. The fourth-order valence-electron chi connectivity index (χ4n) is 3.08. The lowest BCUT2D eigenvalue weighted by Gasteiger charge is -2.26. The molecule has 2 amide bonds. The minimum absolute atomic E-state index is 0.215. The van der Waals surface area contributed by atoms with Gasteiger partial charge < -0.3 is 20.1 Å². The molecule has 0 bridgehead atoms. The third-order valence-corrected chi connectivity index (χ3v) is 4.77. The van der Waals surface area contributed by atoms with Gasteiger partial charge >= 0.3 is 6.03 Å². The van der Waals surface area contributed by atoms with Gasteiger partial charge in [-0.15, -0.1) is 0 Å². The molecule has 1 aliphatic rings. The maximum absolute atomic E-state index is 12.2. The highest BCUT2D eigenvalue weighted by Crippen LogP contribution is 2.16. The first kappa shape index (κ1) is 20.2. The van der Waals surface area contributed by atoms with E-state index in [4.69, 9.17) is 9.47 Å². The summed E-state index contributed by atoms with van der Waals surface area (Å²) < 4.78 is 11.2. The van der Waals surface area contributed by atoms with E-state index in [1.54, 1.807) is 0 Å². The zero-order valence-electron chi connectivity index (χ0n) is 16.7. The number of urea groups is 1. The molecule has 2 aromatic carbocycles. The number of anilines is 1. The van der Waals surface area contributed by atoms with Gasteiger partial charge in [0.15, 0.2) is 0 Å². The Morgan fingerprint density at radius 1 is 1.14 bits per heavy atom. The van der Waals surface area contributed by atoms with Gasteiger partial charge in [-0.25, -0.2) is 4.79 Å². The number of morpholine rings is 1. The largest absolute Gasteiger partial charge is 0.492 e. The Labute approximate surface area is 166 Å². The zero-order valence-corrected chi connectivity index (χ0v) is 16.7. The summed E-state index contributed by atoms with van der Waals surface area (Å²) in [5, 5.41) is 5.81. The van der Waals surface area contributed by atoms with Gasteiger partial charge in [0.25, 0.3) is 0 Å². The van der Waals surface area contributed by atoms with E-state index in [-0.39, 0.29) is 6.03 Å². The predicted molar refractivity (Wildman–Crippen MR) is 111 cm³/mol. The van der Waals surface area contributed by atoms with Crippen LogP contribution in [-0.2, 0) is 11.3 Å². The SMILES string of the molecule is Cc1ccc(C)c(NC(=O)NCc2cccc(OCCN3CCOCC3)c2)c1. The summed E-state index contributed by atoms with van der Waals surface area (Å²) in [6.07, 6.45) is 0. The number of nitrogens with one attached hydrogen (secondary N) is 2. The molecular formula is C22H29N3O3. The van der Waals surface area contributed by atoms with Crippen LogP contribution in [0, 0.1) is 13.8 Å². The molecule has 2 N–H and O–H groups in total. The summed E-state index contributed by atoms with van der Waals surface area (Å²) >= 11 is 0. The first-order valence-corrected chi connectivity index (χ1v) is 9.74. The molecule has 0 saturated carbocycles. The topological polar surface area (TPSA) is 62.8 Å². The fraction of sp³-hybridized carbons (Fsp3) is 0.409. The van der Waals surface area contributed by atoms with E-state index < -0.39 is 0 Å². The predicted octanol–water partition coefficient (Wildman–Crippen LogP) is 3.34. The lowest BCUT2D eigenvalue weighted by Crippen LogP contribution is -2.38. The van der Waals surface area contributed by atoms with E-state index in [2.05, 4.69) is 15.5 Å². The molecular weight excluding hydrogens is 354 g/mol. The lowest BCUT2D eigenvalue weighted by molar-refractivity contribution is 0.0322. The quantitative estimate of drug-likeness (QED) is 0.770. The molecule has 0 aliphatic carbocycles. The van der Waals surface area contributed by atoms with Crippen molar-refractivity contribution in [2.24, 2.45) is 0 Å². The van der Waals surface area contributed by atoms with Gasteiger partial charge in [-0.2, -0.15) is 0 Å². The number of benzene rings is 2. The van der Waals surface area contributed by atoms with E-state index in [9.17, 15) is 4.79 Å². The van der Waals surface area contributed by atoms with E-state index in [0.717, 1.165) is 61.0 Å². The van der Waals surface area contributed by atoms with Crippen LogP contribution in [0.5, 0.6) is 5.75 Å². The molecule has 1 aliphatic heterocycles. The standard InChI is InChI=1S/C22H29N3O3/c1-17-6-7-18(2)21(14-17)24-22(26)23-16-19-4-3-5-20(15-19)28-13-10-25-8-11-27-12-9-25/h3-7,14-15H,8-13,16H2,1-2H3,(H2,23,24,26). The average molecular weight is 383 g/mol. The van der Waals surface area contributed by atoms with Gasteiger partial charge in [-0.3, -0.25) is 4.90 Å². The average Bonchev–Trinajstić information content (AvgIpc) is 2.70. The number of rotatable bonds is 7. The molecule has 3 rings (SSSR count). The number of nitrogens with zero attached hydrogens (tertiary/aromatic N) is 1. The summed E-state index contributed by atoms with van der Waals surface area (Å²) in [7, 11) is 0. The maximum atomic E-state index is 12.2. The van der Waals surface area contributed by atoms with Gasteiger partial charge in [0.05, 0.1) is 13.2 Å². The van der Waals surface area contributed by atoms with Gasteiger partial charge in [0.1, 0.15) is 12.4 Å². The van der Waals surface area contributed by atoms with Crippen LogP contribution < -0.4 is 15.4 Å². The second kappa shape index (κ2) is 10.1. The Morgan fingerprint density at radius 3 is 2.79 bits per heavy atom. The number of carbonyl (C=O) groups excluding carboxylic acids is 1. The Morgan fingerprint density at radius 2 is 1.96 bits per heavy atom. The third kappa shape index (κ3) is 6.25. The van der Waals surface area contributed by atoms with Crippen molar-refractivity contribution in [3.63, 3.8) is 0 Å². The minimum Gasteiger partial charge on any atom is -0.492 e. The first-order chi connectivity index (χ1) is 13.6. The second-order valence-electron chi connectivity index (χ2n) is 7.08. The van der Waals surface area contributed by atoms with Gasteiger partial charge in [0.2, 0.25) is 0 Å². The maximum Gasteiger partial charge on any atom is 0.319 e. The van der Waals surface area contributed by atoms with Gasteiger partial charge in [-0.1, -0.05) is 24.3 Å². The van der Waals surface area contributed by atoms with Crippen LogP contribution in [-0.4, -0.2) is 50.4 Å². The normalized spacial score (nSPS) is 14.5. The van der Waals surface area contributed by atoms with E-state index in [0.29, 0.717) is 13.2 Å². The van der Waals surface area contributed by atoms with Crippen molar-refractivity contribution in [2.75, 3.05) is 44.8 Å². The molecule has 1 heterocycles. The van der Waals surface area contributed by atoms with Crippen LogP contribution in [0.15, 0.2) is 42.5 Å². The van der Waals surface area contributed by atoms with Crippen molar-refractivity contribution in [3.8, 4) is 5.75 Å². The Hall–Kier alpha value is -2.57. The van der Waals surface area contributed by atoms with Crippen LogP contribution in [0.1, 0.15) is 16.7 Å². The molecule has 0 radical (unpaired) electrons.